The maximum absolute atomic E-state index is 4.88. The summed E-state index contributed by atoms with van der Waals surface area (Å²) in [7, 11) is 0. The highest BCUT2D eigenvalue weighted by Crippen LogP contribution is 2.02. The zero-order valence-corrected chi connectivity index (χ0v) is 5.42. The molecule has 9 heavy (non-hydrogen) atoms. The molecule has 0 amide bonds. The van der Waals surface area contributed by atoms with Gasteiger partial charge in [-0.25, -0.2) is 0 Å². The summed E-state index contributed by atoms with van der Waals surface area (Å²) in [6, 6.07) is 1.90. The molecule has 0 aliphatic carbocycles. The first-order chi connectivity index (χ1) is 4.33. The molecule has 2 heteroatoms. The molecule has 1 aromatic rings. The van der Waals surface area contributed by atoms with Crippen molar-refractivity contribution in [2.75, 3.05) is 0 Å². The van der Waals surface area contributed by atoms with Crippen molar-refractivity contribution >= 4 is 0 Å². The number of nitrogens with zero attached hydrogens (tertiary/aromatic N) is 1. The predicted molar refractivity (Wildman–Crippen MR) is 35.1 cm³/mol. The van der Waals surface area contributed by atoms with Crippen LogP contribution in [0, 0.1) is 6.92 Å². The van der Waals surface area contributed by atoms with E-state index in [4.69, 9.17) is 4.52 Å². The lowest BCUT2D eigenvalue weighted by molar-refractivity contribution is 0.387. The molecule has 0 aromatic carbocycles. The molecule has 0 N–H and O–H groups in total. The molecular formula is C7H9NO. The van der Waals surface area contributed by atoms with Crippen molar-refractivity contribution < 1.29 is 4.52 Å². The largest absolute Gasteiger partial charge is 0.361 e. The van der Waals surface area contributed by atoms with E-state index in [-0.39, 0.29) is 0 Å². The molecule has 0 fully saturated rings. The van der Waals surface area contributed by atoms with Crippen LogP contribution in [0.5, 0.6) is 0 Å². The summed E-state index contributed by atoms with van der Waals surface area (Å²) in [6.07, 6.45) is 2.56. The minimum atomic E-state index is 0.765. The zero-order chi connectivity index (χ0) is 6.69. The van der Waals surface area contributed by atoms with Crippen LogP contribution in [0.3, 0.4) is 0 Å². The Hall–Kier alpha value is -1.05. The van der Waals surface area contributed by atoms with E-state index in [1.54, 1.807) is 6.08 Å². The lowest BCUT2D eigenvalue weighted by Gasteiger charge is -1.79. The molecule has 1 rings (SSSR count). The van der Waals surface area contributed by atoms with Gasteiger partial charge in [0.1, 0.15) is 5.76 Å². The van der Waals surface area contributed by atoms with Crippen LogP contribution < -0.4 is 0 Å². The zero-order valence-electron chi connectivity index (χ0n) is 5.42. The molecule has 1 heterocycles. The van der Waals surface area contributed by atoms with Crippen LogP contribution >= 0.6 is 0 Å². The Kier molecular flexibility index (Phi) is 1.68. The van der Waals surface area contributed by atoms with Crippen LogP contribution in [0.1, 0.15) is 11.5 Å². The van der Waals surface area contributed by atoms with Crippen molar-refractivity contribution in [2.45, 2.75) is 13.3 Å². The molecule has 0 bridgehead atoms. The highest BCUT2D eigenvalue weighted by Gasteiger charge is 1.94. The summed E-state index contributed by atoms with van der Waals surface area (Å²) in [5, 5.41) is 3.71. The molecule has 0 spiro atoms. The monoisotopic (exact) mass is 123 g/mol. The summed E-state index contributed by atoms with van der Waals surface area (Å²) in [5.74, 6) is 0.877. The van der Waals surface area contributed by atoms with Gasteiger partial charge in [-0.15, -0.1) is 6.58 Å². The molecule has 2 nitrogen and oxygen atoms in total. The highest BCUT2D eigenvalue weighted by molar-refractivity contribution is 5.05. The summed E-state index contributed by atoms with van der Waals surface area (Å²) in [5.41, 5.74) is 0.923. The summed E-state index contributed by atoms with van der Waals surface area (Å²) in [6.45, 7) is 5.48. The van der Waals surface area contributed by atoms with E-state index in [2.05, 4.69) is 11.7 Å². The fourth-order valence-electron chi connectivity index (χ4n) is 0.655. The lowest BCUT2D eigenvalue weighted by Crippen LogP contribution is -1.70. The predicted octanol–water partition coefficient (Wildman–Crippen LogP) is 1.71. The van der Waals surface area contributed by atoms with E-state index in [1.165, 1.54) is 0 Å². The van der Waals surface area contributed by atoms with Crippen LogP contribution in [0.2, 0.25) is 0 Å². The Morgan fingerprint density at radius 1 is 1.89 bits per heavy atom. The third-order valence-electron chi connectivity index (χ3n) is 1.02. The van der Waals surface area contributed by atoms with E-state index in [0.717, 1.165) is 17.9 Å². The van der Waals surface area contributed by atoms with E-state index in [1.807, 2.05) is 13.0 Å². The Labute approximate surface area is 54.2 Å². The van der Waals surface area contributed by atoms with Gasteiger partial charge in [0.15, 0.2) is 0 Å². The van der Waals surface area contributed by atoms with Crippen molar-refractivity contribution in [1.82, 2.24) is 5.16 Å². The van der Waals surface area contributed by atoms with E-state index in [9.17, 15) is 0 Å². The Balaban J connectivity index is 2.72. The molecule has 1 aromatic heterocycles. The third kappa shape index (κ3) is 1.42. The summed E-state index contributed by atoms with van der Waals surface area (Å²) in [4.78, 5) is 0. The van der Waals surface area contributed by atoms with Gasteiger partial charge in [0, 0.05) is 12.5 Å². The van der Waals surface area contributed by atoms with Gasteiger partial charge in [0.05, 0.1) is 5.69 Å². The van der Waals surface area contributed by atoms with Gasteiger partial charge in [-0.1, -0.05) is 11.2 Å². The number of allylic oxidation sites excluding steroid dienone is 1. The number of hydrogen-bond donors (Lipinski definition) is 0. The van der Waals surface area contributed by atoms with Crippen LogP contribution in [-0.4, -0.2) is 5.16 Å². The SMILES string of the molecule is C=CCc1cc(C)no1. The van der Waals surface area contributed by atoms with E-state index >= 15 is 0 Å². The van der Waals surface area contributed by atoms with Crippen molar-refractivity contribution in [1.29, 1.82) is 0 Å². The fourth-order valence-corrected chi connectivity index (χ4v) is 0.655. The molecule has 0 saturated heterocycles. The maximum Gasteiger partial charge on any atom is 0.140 e. The minimum absolute atomic E-state index is 0.765. The van der Waals surface area contributed by atoms with Crippen LogP contribution in [0.15, 0.2) is 23.2 Å². The normalized spacial score (nSPS) is 9.44. The number of aromatic nitrogens is 1. The van der Waals surface area contributed by atoms with Gasteiger partial charge in [0.25, 0.3) is 0 Å². The first-order valence-electron chi connectivity index (χ1n) is 2.86. The quantitative estimate of drug-likeness (QED) is 0.559. The summed E-state index contributed by atoms with van der Waals surface area (Å²) < 4.78 is 4.88. The molecule has 0 aliphatic heterocycles. The molecule has 0 unspecified atom stereocenters. The third-order valence-corrected chi connectivity index (χ3v) is 1.02. The number of aryl methyl sites for hydroxylation is 1. The molecular weight excluding hydrogens is 114 g/mol. The second-order valence-electron chi connectivity index (χ2n) is 1.93. The van der Waals surface area contributed by atoms with Crippen molar-refractivity contribution in [3.8, 4) is 0 Å². The second kappa shape index (κ2) is 2.49. The average Bonchev–Trinajstić information content (AvgIpc) is 2.17. The van der Waals surface area contributed by atoms with Gasteiger partial charge in [-0.05, 0) is 6.92 Å². The van der Waals surface area contributed by atoms with Crippen molar-refractivity contribution in [3.05, 3.63) is 30.2 Å². The van der Waals surface area contributed by atoms with Gasteiger partial charge >= 0.3 is 0 Å². The molecule has 0 atom stereocenters. The van der Waals surface area contributed by atoms with Crippen LogP contribution in [0.25, 0.3) is 0 Å². The van der Waals surface area contributed by atoms with Crippen molar-refractivity contribution in [2.24, 2.45) is 0 Å². The topological polar surface area (TPSA) is 26.0 Å². The van der Waals surface area contributed by atoms with Gasteiger partial charge < -0.3 is 4.52 Å². The van der Waals surface area contributed by atoms with E-state index < -0.39 is 0 Å². The molecule has 0 saturated carbocycles. The second-order valence-corrected chi connectivity index (χ2v) is 1.93. The number of hydrogen-bond acceptors (Lipinski definition) is 2. The fraction of sp³-hybridized carbons (Fsp3) is 0.286. The van der Waals surface area contributed by atoms with Crippen LogP contribution in [0.4, 0.5) is 0 Å². The summed E-state index contributed by atoms with van der Waals surface area (Å²) >= 11 is 0. The first-order valence-corrected chi connectivity index (χ1v) is 2.86. The van der Waals surface area contributed by atoms with Gasteiger partial charge in [-0.3, -0.25) is 0 Å². The smallest absolute Gasteiger partial charge is 0.140 e. The standard InChI is InChI=1S/C7H9NO/c1-3-4-7-5-6(2)8-9-7/h3,5H,1,4H2,2H3. The van der Waals surface area contributed by atoms with Gasteiger partial charge in [-0.2, -0.15) is 0 Å². The molecule has 48 valence electrons. The van der Waals surface area contributed by atoms with Crippen LogP contribution in [-0.2, 0) is 6.42 Å². The highest BCUT2D eigenvalue weighted by atomic mass is 16.5. The maximum atomic E-state index is 4.88. The molecule has 0 aliphatic rings. The number of rotatable bonds is 2. The Bertz CT molecular complexity index is 202. The minimum Gasteiger partial charge on any atom is -0.361 e. The Morgan fingerprint density at radius 3 is 3.11 bits per heavy atom. The molecule has 0 radical (unpaired) electrons. The Morgan fingerprint density at radius 2 is 2.67 bits per heavy atom. The van der Waals surface area contributed by atoms with Gasteiger partial charge in [0.2, 0.25) is 0 Å². The van der Waals surface area contributed by atoms with Crippen molar-refractivity contribution in [3.63, 3.8) is 0 Å². The first kappa shape index (κ1) is 6.08. The lowest BCUT2D eigenvalue weighted by atomic mass is 10.3. The average molecular weight is 123 g/mol. The van der Waals surface area contributed by atoms with E-state index in [0.29, 0.717) is 0 Å².